The molecule has 1 aliphatic rings. The summed E-state index contributed by atoms with van der Waals surface area (Å²) in [4.78, 5) is 24.5. The molecule has 0 saturated heterocycles. The molecule has 1 heterocycles. The first-order valence-corrected chi connectivity index (χ1v) is 12.1. The van der Waals surface area contributed by atoms with Crippen LogP contribution >= 0.6 is 0 Å². The molecule has 10 nitrogen and oxygen atoms in total. The van der Waals surface area contributed by atoms with Crippen molar-refractivity contribution in [1.82, 2.24) is 4.72 Å². The summed E-state index contributed by atoms with van der Waals surface area (Å²) >= 11 is 0. The number of fused-ring (bicyclic) bond motifs is 1. The number of hydrogen-bond acceptors (Lipinski definition) is 8. The molecular weight excluding hydrogens is 509 g/mol. The van der Waals surface area contributed by atoms with Crippen LogP contribution < -0.4 is 24.2 Å². The first-order valence-electron chi connectivity index (χ1n) is 10.6. The van der Waals surface area contributed by atoms with Crippen LogP contribution in [0, 0.1) is 5.92 Å². The smallest absolute Gasteiger partial charge is 0.486 e. The van der Waals surface area contributed by atoms with Crippen molar-refractivity contribution in [3.8, 4) is 17.2 Å². The molecule has 0 bridgehead atoms. The van der Waals surface area contributed by atoms with Crippen LogP contribution in [0.25, 0.3) is 0 Å². The van der Waals surface area contributed by atoms with Crippen LogP contribution in [0.3, 0.4) is 0 Å². The molecule has 0 saturated carbocycles. The number of carbonyl (C=O) groups excluding carboxylic acids is 2. The lowest BCUT2D eigenvalue weighted by atomic mass is 10.1. The van der Waals surface area contributed by atoms with Gasteiger partial charge in [0.25, 0.3) is 5.91 Å². The van der Waals surface area contributed by atoms with Gasteiger partial charge >= 0.3 is 12.3 Å². The van der Waals surface area contributed by atoms with Gasteiger partial charge in [0.15, 0.2) is 18.1 Å². The largest absolute Gasteiger partial charge is 0.573 e. The second-order valence-electron chi connectivity index (χ2n) is 7.88. The summed E-state index contributed by atoms with van der Waals surface area (Å²) in [5, 5.41) is 2.34. The van der Waals surface area contributed by atoms with Gasteiger partial charge in [0, 0.05) is 11.8 Å². The SMILES string of the molecule is CC(C)C(NS(=O)(=O)c1ccc2c(c1)OCCO2)C(=O)OCC(=O)Nc1ccc(OC(F)(F)F)cc1. The summed E-state index contributed by atoms with van der Waals surface area (Å²) in [5.74, 6) is -2.14. The summed E-state index contributed by atoms with van der Waals surface area (Å²) in [7, 11) is -4.17. The van der Waals surface area contributed by atoms with Crippen molar-refractivity contribution in [3.63, 3.8) is 0 Å². The summed E-state index contributed by atoms with van der Waals surface area (Å²) in [6.07, 6.45) is -4.85. The van der Waals surface area contributed by atoms with E-state index >= 15 is 0 Å². The first-order chi connectivity index (χ1) is 16.8. The Balaban J connectivity index is 1.58. The van der Waals surface area contributed by atoms with E-state index in [1.165, 1.54) is 30.3 Å². The fraction of sp³-hybridized carbons (Fsp3) is 0.364. The molecule has 1 aliphatic heterocycles. The zero-order valence-corrected chi connectivity index (χ0v) is 19.9. The molecule has 0 aliphatic carbocycles. The molecule has 1 amide bonds. The van der Waals surface area contributed by atoms with Crippen molar-refractivity contribution in [3.05, 3.63) is 42.5 Å². The lowest BCUT2D eigenvalue weighted by Crippen LogP contribution is -2.45. The minimum atomic E-state index is -4.85. The third-order valence-electron chi connectivity index (χ3n) is 4.74. The number of benzene rings is 2. The number of anilines is 1. The van der Waals surface area contributed by atoms with Crippen molar-refractivity contribution in [2.24, 2.45) is 5.92 Å². The molecule has 2 aromatic carbocycles. The average molecular weight is 532 g/mol. The Kier molecular flexibility index (Phi) is 8.30. The van der Waals surface area contributed by atoms with Crippen LogP contribution in [0.15, 0.2) is 47.4 Å². The van der Waals surface area contributed by atoms with Gasteiger partial charge in [-0.2, -0.15) is 4.72 Å². The number of hydrogen-bond donors (Lipinski definition) is 2. The van der Waals surface area contributed by atoms with Gasteiger partial charge < -0.3 is 24.3 Å². The fourth-order valence-corrected chi connectivity index (χ4v) is 4.39. The minimum Gasteiger partial charge on any atom is -0.486 e. The van der Waals surface area contributed by atoms with E-state index in [0.717, 1.165) is 12.1 Å². The quantitative estimate of drug-likeness (QED) is 0.472. The fourth-order valence-electron chi connectivity index (χ4n) is 3.05. The van der Waals surface area contributed by atoms with E-state index in [0.29, 0.717) is 12.4 Å². The van der Waals surface area contributed by atoms with Crippen molar-refractivity contribution in [2.75, 3.05) is 25.1 Å². The normalized spacial score (nSPS) is 14.2. The lowest BCUT2D eigenvalue weighted by Gasteiger charge is -2.22. The van der Waals surface area contributed by atoms with Crippen LogP contribution in [0.2, 0.25) is 0 Å². The van der Waals surface area contributed by atoms with Gasteiger partial charge in [0.1, 0.15) is 25.0 Å². The van der Waals surface area contributed by atoms with E-state index in [9.17, 15) is 31.2 Å². The second kappa shape index (κ2) is 11.0. The summed E-state index contributed by atoms with van der Waals surface area (Å²) in [5.41, 5.74) is 0.130. The van der Waals surface area contributed by atoms with E-state index < -0.39 is 52.6 Å². The molecule has 36 heavy (non-hydrogen) atoms. The van der Waals surface area contributed by atoms with E-state index in [2.05, 4.69) is 14.8 Å². The Morgan fingerprint density at radius 3 is 2.28 bits per heavy atom. The van der Waals surface area contributed by atoms with Gasteiger partial charge in [-0.25, -0.2) is 8.42 Å². The molecule has 14 heteroatoms. The molecule has 1 unspecified atom stereocenters. The Labute approximate surface area is 204 Å². The zero-order valence-electron chi connectivity index (χ0n) is 19.1. The van der Waals surface area contributed by atoms with Gasteiger partial charge in [-0.3, -0.25) is 9.59 Å². The van der Waals surface area contributed by atoms with E-state index in [-0.39, 0.29) is 22.9 Å². The molecule has 0 spiro atoms. The highest BCUT2D eigenvalue weighted by atomic mass is 32.2. The number of amides is 1. The summed E-state index contributed by atoms with van der Waals surface area (Å²) in [6.45, 7) is 3.02. The Hall–Kier alpha value is -3.52. The first kappa shape index (κ1) is 27.1. The molecule has 196 valence electrons. The monoisotopic (exact) mass is 532 g/mol. The molecule has 2 aromatic rings. The third-order valence-corrected chi connectivity index (χ3v) is 6.18. The maximum atomic E-state index is 12.9. The van der Waals surface area contributed by atoms with Gasteiger partial charge in [0.2, 0.25) is 10.0 Å². The zero-order chi connectivity index (χ0) is 26.5. The van der Waals surface area contributed by atoms with Crippen LogP contribution in [-0.4, -0.2) is 52.5 Å². The molecular formula is C22H23F3N2O8S. The number of rotatable bonds is 9. The number of nitrogens with one attached hydrogen (secondary N) is 2. The average Bonchev–Trinajstić information content (AvgIpc) is 2.81. The minimum absolute atomic E-state index is 0.130. The van der Waals surface area contributed by atoms with Crippen molar-refractivity contribution in [2.45, 2.75) is 31.1 Å². The molecule has 0 radical (unpaired) electrons. The highest BCUT2D eigenvalue weighted by Crippen LogP contribution is 2.32. The Bertz CT molecular complexity index is 1200. The maximum absolute atomic E-state index is 12.9. The predicted octanol–water partition coefficient (Wildman–Crippen LogP) is 2.84. The topological polar surface area (TPSA) is 129 Å². The van der Waals surface area contributed by atoms with Gasteiger partial charge in [-0.05, 0) is 42.3 Å². The third kappa shape index (κ3) is 7.49. The maximum Gasteiger partial charge on any atom is 0.573 e. The molecule has 2 N–H and O–H groups in total. The summed E-state index contributed by atoms with van der Waals surface area (Å²) < 4.78 is 84.1. The van der Waals surface area contributed by atoms with Gasteiger partial charge in [-0.1, -0.05) is 13.8 Å². The number of halogens is 3. The van der Waals surface area contributed by atoms with Crippen LogP contribution in [-0.2, 0) is 24.3 Å². The van der Waals surface area contributed by atoms with Crippen LogP contribution in [0.4, 0.5) is 18.9 Å². The van der Waals surface area contributed by atoms with Crippen molar-refractivity contribution >= 4 is 27.6 Å². The second-order valence-corrected chi connectivity index (χ2v) is 9.59. The number of sulfonamides is 1. The van der Waals surface area contributed by atoms with E-state index in [1.54, 1.807) is 13.8 Å². The van der Waals surface area contributed by atoms with Crippen molar-refractivity contribution in [1.29, 1.82) is 0 Å². The lowest BCUT2D eigenvalue weighted by molar-refractivity contribution is -0.274. The number of ether oxygens (including phenoxy) is 4. The Morgan fingerprint density at radius 2 is 1.67 bits per heavy atom. The van der Waals surface area contributed by atoms with E-state index in [1.807, 2.05) is 0 Å². The van der Waals surface area contributed by atoms with E-state index in [4.69, 9.17) is 14.2 Å². The number of alkyl halides is 3. The van der Waals surface area contributed by atoms with Crippen LogP contribution in [0.5, 0.6) is 17.2 Å². The highest BCUT2D eigenvalue weighted by Gasteiger charge is 2.32. The molecule has 0 aromatic heterocycles. The highest BCUT2D eigenvalue weighted by molar-refractivity contribution is 7.89. The van der Waals surface area contributed by atoms with Crippen LogP contribution in [0.1, 0.15) is 13.8 Å². The molecule has 1 atom stereocenters. The van der Waals surface area contributed by atoms with Gasteiger partial charge in [0.05, 0.1) is 4.90 Å². The van der Waals surface area contributed by atoms with Gasteiger partial charge in [-0.15, -0.1) is 13.2 Å². The molecule has 3 rings (SSSR count). The standard InChI is InChI=1S/C22H23F3N2O8S/c1-13(2)20(27-36(30,31)16-7-8-17-18(11-16)33-10-9-32-17)21(29)34-12-19(28)26-14-3-5-15(6-4-14)35-22(23,24)25/h3-8,11,13,20,27H,9-10,12H2,1-2H3,(H,26,28). The number of carbonyl (C=O) groups is 2. The Morgan fingerprint density at radius 1 is 1.03 bits per heavy atom. The van der Waals surface area contributed by atoms with Crippen molar-refractivity contribution < 1.29 is 50.1 Å². The summed E-state index contributed by atoms with van der Waals surface area (Å²) in [6, 6.07) is 7.04. The molecule has 0 fully saturated rings. The number of esters is 1. The predicted molar refractivity (Wildman–Crippen MR) is 119 cm³/mol.